The maximum Gasteiger partial charge on any atom is 0.287 e. The Morgan fingerprint density at radius 1 is 1.48 bits per heavy atom. The molecule has 3 rings (SSSR count). The average molecular weight is 398 g/mol. The SMILES string of the molecule is N#Cc1ccc(Cc2cc(N[C@@H]3CCNC[C@@H]3F)c(C(N)=O)cn2)cc1[N+](=O)[O-]. The summed E-state index contributed by atoms with van der Waals surface area (Å²) in [4.78, 5) is 26.5. The molecule has 0 bridgehead atoms. The van der Waals surface area contributed by atoms with Crippen LogP contribution in [0.5, 0.6) is 0 Å². The maximum absolute atomic E-state index is 14.2. The number of nitrogens with one attached hydrogen (secondary N) is 2. The zero-order valence-electron chi connectivity index (χ0n) is 15.4. The van der Waals surface area contributed by atoms with Gasteiger partial charge in [-0.25, -0.2) is 4.39 Å². The number of rotatable bonds is 6. The number of nitrogens with zero attached hydrogens (tertiary/aromatic N) is 3. The third kappa shape index (κ3) is 4.64. The van der Waals surface area contributed by atoms with Gasteiger partial charge in [0.15, 0.2) is 0 Å². The molecule has 4 N–H and O–H groups in total. The number of carbonyl (C=O) groups excluding carboxylic acids is 1. The van der Waals surface area contributed by atoms with Gasteiger partial charge in [0.05, 0.1) is 22.2 Å². The quantitative estimate of drug-likeness (QED) is 0.495. The van der Waals surface area contributed by atoms with Gasteiger partial charge in [0.1, 0.15) is 17.8 Å². The fourth-order valence-electron chi connectivity index (χ4n) is 3.24. The molecule has 0 saturated carbocycles. The summed E-state index contributed by atoms with van der Waals surface area (Å²) in [6.07, 6.45) is 0.957. The van der Waals surface area contributed by atoms with Crippen LogP contribution in [0.2, 0.25) is 0 Å². The molecule has 2 aromatic rings. The van der Waals surface area contributed by atoms with E-state index in [1.165, 1.54) is 18.3 Å². The highest BCUT2D eigenvalue weighted by atomic mass is 19.1. The van der Waals surface area contributed by atoms with Crippen molar-refractivity contribution in [1.82, 2.24) is 10.3 Å². The number of nitro benzene ring substituents is 1. The minimum absolute atomic E-state index is 0.0296. The van der Waals surface area contributed by atoms with Crippen molar-refractivity contribution in [3.05, 3.63) is 63.0 Å². The van der Waals surface area contributed by atoms with Crippen LogP contribution < -0.4 is 16.4 Å². The second kappa shape index (κ2) is 8.62. The molecule has 2 heterocycles. The number of pyridine rings is 1. The molecule has 0 unspecified atom stereocenters. The Balaban J connectivity index is 1.89. The Labute approximate surface area is 165 Å². The van der Waals surface area contributed by atoms with Gasteiger partial charge in [-0.2, -0.15) is 5.26 Å². The molecule has 150 valence electrons. The molecular formula is C19H19FN6O3. The highest BCUT2D eigenvalue weighted by molar-refractivity contribution is 5.98. The lowest BCUT2D eigenvalue weighted by Crippen LogP contribution is -2.45. The molecule has 1 aromatic carbocycles. The normalized spacial score (nSPS) is 18.6. The summed E-state index contributed by atoms with van der Waals surface area (Å²) in [6, 6.07) is 7.22. The number of anilines is 1. The van der Waals surface area contributed by atoms with Crippen LogP contribution in [-0.4, -0.2) is 41.1 Å². The smallest absolute Gasteiger partial charge is 0.287 e. The van der Waals surface area contributed by atoms with Gasteiger partial charge in [-0.15, -0.1) is 0 Å². The highest BCUT2D eigenvalue weighted by Crippen LogP contribution is 2.24. The first-order valence-electron chi connectivity index (χ1n) is 8.96. The molecule has 1 aliphatic rings. The van der Waals surface area contributed by atoms with Gasteiger partial charge in [-0.05, 0) is 30.7 Å². The predicted octanol–water partition coefficient (Wildman–Crippen LogP) is 1.66. The highest BCUT2D eigenvalue weighted by Gasteiger charge is 2.26. The molecular weight excluding hydrogens is 379 g/mol. The summed E-state index contributed by atoms with van der Waals surface area (Å²) in [7, 11) is 0. The van der Waals surface area contributed by atoms with Crippen LogP contribution in [0, 0.1) is 21.4 Å². The van der Waals surface area contributed by atoms with E-state index in [-0.39, 0.29) is 29.8 Å². The van der Waals surface area contributed by atoms with Gasteiger partial charge in [0, 0.05) is 30.9 Å². The number of nitro groups is 1. The topological polar surface area (TPSA) is 147 Å². The molecule has 1 aromatic heterocycles. The number of primary amides is 1. The van der Waals surface area contributed by atoms with E-state index < -0.39 is 23.0 Å². The Morgan fingerprint density at radius 2 is 2.28 bits per heavy atom. The van der Waals surface area contributed by atoms with Crippen molar-refractivity contribution in [2.24, 2.45) is 5.73 Å². The van der Waals surface area contributed by atoms with Crippen LogP contribution in [0.25, 0.3) is 0 Å². The molecule has 0 radical (unpaired) electrons. The van der Waals surface area contributed by atoms with Gasteiger partial charge in [0.2, 0.25) is 0 Å². The van der Waals surface area contributed by atoms with E-state index in [0.29, 0.717) is 29.9 Å². The second-order valence-electron chi connectivity index (χ2n) is 6.74. The van der Waals surface area contributed by atoms with Crippen molar-refractivity contribution in [2.75, 3.05) is 18.4 Å². The summed E-state index contributed by atoms with van der Waals surface area (Å²) in [5.74, 6) is -0.690. The monoisotopic (exact) mass is 398 g/mol. The van der Waals surface area contributed by atoms with E-state index in [4.69, 9.17) is 11.0 Å². The Hall–Kier alpha value is -3.58. The summed E-state index contributed by atoms with van der Waals surface area (Å²) in [6.45, 7) is 0.868. The second-order valence-corrected chi connectivity index (χ2v) is 6.74. The van der Waals surface area contributed by atoms with Gasteiger partial charge in [0.25, 0.3) is 11.6 Å². The lowest BCUT2D eigenvalue weighted by Gasteiger charge is -2.29. The number of hydrogen-bond donors (Lipinski definition) is 3. The number of benzene rings is 1. The third-order valence-corrected chi connectivity index (χ3v) is 4.74. The molecule has 1 aliphatic heterocycles. The number of amides is 1. The average Bonchev–Trinajstić information content (AvgIpc) is 2.69. The largest absolute Gasteiger partial charge is 0.379 e. The van der Waals surface area contributed by atoms with E-state index in [0.717, 1.165) is 0 Å². The van der Waals surface area contributed by atoms with Crippen molar-refractivity contribution >= 4 is 17.3 Å². The Bertz CT molecular complexity index is 990. The summed E-state index contributed by atoms with van der Waals surface area (Å²) >= 11 is 0. The number of hydrogen-bond acceptors (Lipinski definition) is 7. The summed E-state index contributed by atoms with van der Waals surface area (Å²) < 4.78 is 14.2. The standard InChI is InChI=1S/C19H19FN6O3/c20-15-10-23-4-3-16(15)25-17-7-13(24-9-14(17)19(22)27)5-11-1-2-12(8-21)18(6-11)26(28)29/h1-2,6-7,9,15-16,23H,3-5,10H2,(H2,22,27)(H,24,25)/t15-,16+/m0/s1. The molecule has 1 fully saturated rings. The van der Waals surface area contributed by atoms with Crippen molar-refractivity contribution in [1.29, 1.82) is 5.26 Å². The van der Waals surface area contributed by atoms with Gasteiger partial charge >= 0.3 is 0 Å². The Morgan fingerprint density at radius 3 is 2.93 bits per heavy atom. The number of nitrogens with two attached hydrogens (primary N) is 1. The first kappa shape index (κ1) is 20.2. The molecule has 1 saturated heterocycles. The predicted molar refractivity (Wildman–Crippen MR) is 103 cm³/mol. The lowest BCUT2D eigenvalue weighted by atomic mass is 10.0. The minimum atomic E-state index is -1.12. The number of alkyl halides is 1. The van der Waals surface area contributed by atoms with Gasteiger partial charge in [-0.3, -0.25) is 19.9 Å². The van der Waals surface area contributed by atoms with E-state index in [2.05, 4.69) is 15.6 Å². The Kier molecular flexibility index (Phi) is 5.99. The van der Waals surface area contributed by atoms with E-state index in [9.17, 15) is 19.3 Å². The van der Waals surface area contributed by atoms with Crippen LogP contribution in [0.3, 0.4) is 0 Å². The molecule has 10 heteroatoms. The number of halogens is 1. The van der Waals surface area contributed by atoms with Crippen LogP contribution in [-0.2, 0) is 6.42 Å². The minimum Gasteiger partial charge on any atom is -0.379 e. The van der Waals surface area contributed by atoms with Crippen LogP contribution in [0.1, 0.15) is 33.6 Å². The van der Waals surface area contributed by atoms with Crippen LogP contribution in [0.4, 0.5) is 15.8 Å². The molecule has 1 amide bonds. The van der Waals surface area contributed by atoms with Crippen molar-refractivity contribution in [2.45, 2.75) is 25.1 Å². The molecule has 2 atom stereocenters. The van der Waals surface area contributed by atoms with Crippen molar-refractivity contribution in [3.8, 4) is 6.07 Å². The number of piperidine rings is 1. The first-order chi connectivity index (χ1) is 13.9. The zero-order chi connectivity index (χ0) is 21.0. The molecule has 9 nitrogen and oxygen atoms in total. The van der Waals surface area contributed by atoms with Crippen molar-refractivity contribution < 1.29 is 14.1 Å². The molecule has 0 aliphatic carbocycles. The van der Waals surface area contributed by atoms with E-state index >= 15 is 0 Å². The number of nitriles is 1. The summed E-state index contributed by atoms with van der Waals surface area (Å²) in [5.41, 5.74) is 6.71. The van der Waals surface area contributed by atoms with E-state index in [1.54, 1.807) is 18.2 Å². The molecule has 0 spiro atoms. The first-order valence-corrected chi connectivity index (χ1v) is 8.96. The van der Waals surface area contributed by atoms with Crippen LogP contribution in [0.15, 0.2) is 30.5 Å². The fraction of sp³-hybridized carbons (Fsp3) is 0.316. The van der Waals surface area contributed by atoms with Gasteiger partial charge in [-0.1, -0.05) is 6.07 Å². The van der Waals surface area contributed by atoms with Crippen molar-refractivity contribution in [3.63, 3.8) is 0 Å². The lowest BCUT2D eigenvalue weighted by molar-refractivity contribution is -0.385. The van der Waals surface area contributed by atoms with Gasteiger partial charge < -0.3 is 16.4 Å². The number of aromatic nitrogens is 1. The molecule has 29 heavy (non-hydrogen) atoms. The zero-order valence-corrected chi connectivity index (χ0v) is 15.4. The van der Waals surface area contributed by atoms with E-state index in [1.807, 2.05) is 0 Å². The summed E-state index contributed by atoms with van der Waals surface area (Å²) in [5, 5.41) is 26.1. The third-order valence-electron chi connectivity index (χ3n) is 4.74. The van der Waals surface area contributed by atoms with Crippen LogP contribution >= 0.6 is 0 Å². The fourth-order valence-corrected chi connectivity index (χ4v) is 3.24. The number of carbonyl (C=O) groups is 1. The maximum atomic E-state index is 14.2.